The highest BCUT2D eigenvalue weighted by Crippen LogP contribution is 2.19. The Morgan fingerprint density at radius 1 is 1.41 bits per heavy atom. The average molecular weight is 243 g/mol. The van der Waals surface area contributed by atoms with Crippen molar-refractivity contribution in [2.45, 2.75) is 25.9 Å². The number of aliphatic carboxylic acids is 1. The van der Waals surface area contributed by atoms with Crippen molar-refractivity contribution in [3.05, 3.63) is 0 Å². The second-order valence-corrected chi connectivity index (χ2v) is 4.92. The van der Waals surface area contributed by atoms with Crippen LogP contribution in [0.4, 0.5) is 4.79 Å². The quantitative estimate of drug-likeness (QED) is 0.734. The number of likely N-dealkylation sites (N-methyl/N-ethyl adjacent to an activating group) is 1. The van der Waals surface area contributed by atoms with Gasteiger partial charge in [0.2, 0.25) is 0 Å². The molecule has 0 aromatic carbocycles. The van der Waals surface area contributed by atoms with Gasteiger partial charge < -0.3 is 20.2 Å². The molecule has 1 heterocycles. The molecule has 3 atom stereocenters. The van der Waals surface area contributed by atoms with E-state index in [0.29, 0.717) is 25.0 Å². The maximum atomic E-state index is 11.8. The molecule has 17 heavy (non-hydrogen) atoms. The van der Waals surface area contributed by atoms with Crippen LogP contribution in [0.3, 0.4) is 0 Å². The van der Waals surface area contributed by atoms with Crippen LogP contribution in [0.1, 0.15) is 13.8 Å². The maximum Gasteiger partial charge on any atom is 0.325 e. The van der Waals surface area contributed by atoms with E-state index in [1.807, 2.05) is 14.1 Å². The molecule has 1 aliphatic rings. The van der Waals surface area contributed by atoms with E-state index in [-0.39, 0.29) is 6.03 Å². The first-order valence-corrected chi connectivity index (χ1v) is 5.77. The van der Waals surface area contributed by atoms with Crippen LogP contribution in [0, 0.1) is 5.92 Å². The molecule has 1 rings (SSSR count). The average Bonchev–Trinajstić information content (AvgIpc) is 2.60. The monoisotopic (exact) mass is 243 g/mol. The third-order valence-corrected chi connectivity index (χ3v) is 3.23. The summed E-state index contributed by atoms with van der Waals surface area (Å²) in [5, 5.41) is 11.2. The fourth-order valence-corrected chi connectivity index (χ4v) is 2.13. The van der Waals surface area contributed by atoms with Crippen molar-refractivity contribution in [1.82, 2.24) is 15.1 Å². The Balaban J connectivity index is 2.53. The van der Waals surface area contributed by atoms with Gasteiger partial charge in [0, 0.05) is 19.1 Å². The summed E-state index contributed by atoms with van der Waals surface area (Å²) >= 11 is 0. The zero-order valence-electron chi connectivity index (χ0n) is 10.8. The zero-order chi connectivity index (χ0) is 13.2. The van der Waals surface area contributed by atoms with Crippen molar-refractivity contribution < 1.29 is 14.7 Å². The lowest BCUT2D eigenvalue weighted by molar-refractivity contribution is -0.138. The van der Waals surface area contributed by atoms with Crippen LogP contribution >= 0.6 is 0 Å². The highest BCUT2D eigenvalue weighted by molar-refractivity contribution is 5.82. The number of carbonyl (C=O) groups is 2. The highest BCUT2D eigenvalue weighted by Gasteiger charge is 2.34. The normalized spacial score (nSPS) is 26.1. The van der Waals surface area contributed by atoms with Crippen LogP contribution in [0.25, 0.3) is 0 Å². The predicted molar refractivity (Wildman–Crippen MR) is 63.8 cm³/mol. The smallest absolute Gasteiger partial charge is 0.325 e. The fourth-order valence-electron chi connectivity index (χ4n) is 2.13. The second-order valence-electron chi connectivity index (χ2n) is 4.92. The number of carboxylic acids is 1. The maximum absolute atomic E-state index is 11.8. The summed E-state index contributed by atoms with van der Waals surface area (Å²) in [5.41, 5.74) is 0. The molecule has 3 unspecified atom stereocenters. The van der Waals surface area contributed by atoms with Crippen molar-refractivity contribution in [2.75, 3.05) is 27.2 Å². The number of carbonyl (C=O) groups excluding carboxylic acids is 1. The molecule has 0 saturated carbocycles. The van der Waals surface area contributed by atoms with E-state index < -0.39 is 12.0 Å². The number of nitrogens with one attached hydrogen (secondary N) is 1. The number of amides is 2. The van der Waals surface area contributed by atoms with Gasteiger partial charge in [-0.05, 0) is 26.9 Å². The summed E-state index contributed by atoms with van der Waals surface area (Å²) in [6, 6.07) is -0.812. The molecule has 0 radical (unpaired) electrons. The molecule has 0 spiro atoms. The van der Waals surface area contributed by atoms with Gasteiger partial charge in [0.15, 0.2) is 0 Å². The third kappa shape index (κ3) is 3.33. The molecule has 0 aromatic rings. The molecule has 1 fully saturated rings. The standard InChI is InChI=1S/C11H21N3O3/c1-7-5-14(6-9(7)13(3)4)11(17)12-8(2)10(15)16/h7-9H,5-6H2,1-4H3,(H,12,17)(H,15,16). The minimum atomic E-state index is -1.02. The van der Waals surface area contributed by atoms with Gasteiger partial charge in [-0.1, -0.05) is 6.92 Å². The van der Waals surface area contributed by atoms with Gasteiger partial charge in [-0.2, -0.15) is 0 Å². The molecule has 98 valence electrons. The lowest BCUT2D eigenvalue weighted by atomic mass is 10.1. The number of urea groups is 1. The highest BCUT2D eigenvalue weighted by atomic mass is 16.4. The van der Waals surface area contributed by atoms with Crippen LogP contribution in [0.2, 0.25) is 0 Å². The Kier molecular flexibility index (Phi) is 4.34. The van der Waals surface area contributed by atoms with Crippen molar-refractivity contribution >= 4 is 12.0 Å². The Bertz CT molecular complexity index is 306. The molecule has 6 heteroatoms. The predicted octanol–water partition coefficient (Wildman–Crippen LogP) is 0.0510. The third-order valence-electron chi connectivity index (χ3n) is 3.23. The number of hydrogen-bond donors (Lipinski definition) is 2. The van der Waals surface area contributed by atoms with E-state index >= 15 is 0 Å². The number of likely N-dealkylation sites (tertiary alicyclic amines) is 1. The molecular weight excluding hydrogens is 222 g/mol. The number of hydrogen-bond acceptors (Lipinski definition) is 3. The number of nitrogens with zero attached hydrogens (tertiary/aromatic N) is 2. The summed E-state index contributed by atoms with van der Waals surface area (Å²) in [5.74, 6) is -0.620. The fraction of sp³-hybridized carbons (Fsp3) is 0.818. The summed E-state index contributed by atoms with van der Waals surface area (Å²) in [4.78, 5) is 26.2. The largest absolute Gasteiger partial charge is 0.480 e. The first-order chi connectivity index (χ1) is 7.82. The molecular formula is C11H21N3O3. The molecule has 0 aliphatic carbocycles. The molecule has 2 amide bonds. The second kappa shape index (κ2) is 5.35. The number of rotatable bonds is 3. The van der Waals surface area contributed by atoms with E-state index in [9.17, 15) is 9.59 Å². The zero-order valence-corrected chi connectivity index (χ0v) is 10.8. The van der Waals surface area contributed by atoms with E-state index in [4.69, 9.17) is 5.11 Å². The van der Waals surface area contributed by atoms with Crippen molar-refractivity contribution in [3.63, 3.8) is 0 Å². The topological polar surface area (TPSA) is 72.9 Å². The van der Waals surface area contributed by atoms with E-state index in [0.717, 1.165) is 0 Å². The molecule has 0 aromatic heterocycles. The Morgan fingerprint density at radius 2 is 2.00 bits per heavy atom. The summed E-state index contributed by atoms with van der Waals surface area (Å²) in [7, 11) is 3.98. The minimum Gasteiger partial charge on any atom is -0.480 e. The van der Waals surface area contributed by atoms with Gasteiger partial charge in [-0.15, -0.1) is 0 Å². The van der Waals surface area contributed by atoms with Gasteiger partial charge in [0.25, 0.3) is 0 Å². The van der Waals surface area contributed by atoms with Gasteiger partial charge in [0.1, 0.15) is 6.04 Å². The van der Waals surface area contributed by atoms with E-state index in [1.54, 1.807) is 4.90 Å². The summed E-state index contributed by atoms with van der Waals surface area (Å²) in [6.07, 6.45) is 0. The van der Waals surface area contributed by atoms with Gasteiger partial charge in [-0.25, -0.2) is 4.79 Å². The van der Waals surface area contributed by atoms with Gasteiger partial charge in [-0.3, -0.25) is 4.79 Å². The van der Waals surface area contributed by atoms with Crippen molar-refractivity contribution in [3.8, 4) is 0 Å². The molecule has 1 saturated heterocycles. The minimum absolute atomic E-state index is 0.295. The molecule has 0 bridgehead atoms. The van der Waals surface area contributed by atoms with E-state index in [1.165, 1.54) is 6.92 Å². The van der Waals surface area contributed by atoms with Crippen LogP contribution in [-0.4, -0.2) is 66.2 Å². The Hall–Kier alpha value is -1.30. The van der Waals surface area contributed by atoms with Crippen LogP contribution < -0.4 is 5.32 Å². The Morgan fingerprint density at radius 3 is 2.41 bits per heavy atom. The molecule has 1 aliphatic heterocycles. The van der Waals surface area contributed by atoms with Gasteiger partial charge in [0.05, 0.1) is 0 Å². The SMILES string of the molecule is CC(NC(=O)N1CC(C)C(N(C)C)C1)C(=O)O. The first kappa shape index (κ1) is 13.8. The van der Waals surface area contributed by atoms with Crippen molar-refractivity contribution in [2.24, 2.45) is 5.92 Å². The van der Waals surface area contributed by atoms with Crippen LogP contribution in [0.15, 0.2) is 0 Å². The summed E-state index contributed by atoms with van der Waals surface area (Å²) in [6.45, 7) is 4.87. The van der Waals surface area contributed by atoms with Crippen LogP contribution in [-0.2, 0) is 4.79 Å². The Labute approximate surface area is 102 Å². The summed E-state index contributed by atoms with van der Waals surface area (Å²) < 4.78 is 0. The molecule has 2 N–H and O–H groups in total. The van der Waals surface area contributed by atoms with Gasteiger partial charge >= 0.3 is 12.0 Å². The molecule has 6 nitrogen and oxygen atoms in total. The van der Waals surface area contributed by atoms with Crippen molar-refractivity contribution in [1.29, 1.82) is 0 Å². The number of carboxylic acid groups (broad SMARTS) is 1. The van der Waals surface area contributed by atoms with Crippen LogP contribution in [0.5, 0.6) is 0 Å². The lowest BCUT2D eigenvalue weighted by Crippen LogP contribution is -2.46. The van der Waals surface area contributed by atoms with E-state index in [2.05, 4.69) is 17.1 Å². The lowest BCUT2D eigenvalue weighted by Gasteiger charge is -2.22. The first-order valence-electron chi connectivity index (χ1n) is 5.77.